The van der Waals surface area contributed by atoms with Gasteiger partial charge in [0.1, 0.15) is 5.76 Å². The summed E-state index contributed by atoms with van der Waals surface area (Å²) in [5, 5.41) is 6.72. The lowest BCUT2D eigenvalue weighted by Crippen LogP contribution is -2.18. The standard InChI is InChI=1S/C24H31NO3.C3H8.2C2H6.CH2F2O/c1-18-21(16-23(28-18)24(26)27-3)17-25(2)22-14-8-12-20(13-9-15-22)19-10-6-4-5-7-11-19;1-3-2;2*1-2;2-1(3)4/h4,6,10,12,14,16H,5,7-9,11,13,15,17H2,1-3H3;3H2,1-2H3;2*1-2H3;1,4H/b20-12+,22-14+;;;;. The summed E-state index contributed by atoms with van der Waals surface area (Å²) >= 11 is 0. The molecule has 0 saturated heterocycles. The third-order valence-corrected chi connectivity index (χ3v) is 5.56. The molecule has 5 nitrogen and oxygen atoms in total. The highest BCUT2D eigenvalue weighted by atomic mass is 19.3. The number of aliphatic hydroxyl groups excluding tert-OH is 1. The van der Waals surface area contributed by atoms with Crippen molar-refractivity contribution < 1.29 is 27.8 Å². The van der Waals surface area contributed by atoms with Crippen LogP contribution >= 0.6 is 0 Å². The van der Waals surface area contributed by atoms with E-state index >= 15 is 0 Å². The Hall–Kier alpha value is -2.67. The summed E-state index contributed by atoms with van der Waals surface area (Å²) < 4.78 is 30.1. The smallest absolute Gasteiger partial charge is 0.373 e. The summed E-state index contributed by atoms with van der Waals surface area (Å²) in [4.78, 5) is 13.9. The van der Waals surface area contributed by atoms with Crippen molar-refractivity contribution in [3.05, 3.63) is 70.4 Å². The van der Waals surface area contributed by atoms with Crippen LogP contribution in [0.3, 0.4) is 0 Å². The van der Waals surface area contributed by atoms with Crippen LogP contribution in [0.4, 0.5) is 8.78 Å². The number of hydrogen-bond acceptors (Lipinski definition) is 5. The highest BCUT2D eigenvalue weighted by molar-refractivity contribution is 5.86. The number of rotatable bonds is 5. The first-order valence-electron chi connectivity index (χ1n) is 14.3. The number of hydrogen-bond donors (Lipinski definition) is 1. The molecule has 0 unspecified atom stereocenters. The minimum absolute atomic E-state index is 0.272. The molecule has 0 bridgehead atoms. The van der Waals surface area contributed by atoms with Gasteiger partial charge in [-0.1, -0.05) is 78.3 Å². The molecule has 1 heterocycles. The SMILES string of the molecule is CC.CC.CCC.COC(=O)c1cc(CN(C)/C2=C/C/C=C(/C3=CC=CCCC3)CCC2)c(C)o1.OC(F)F. The molecule has 2 aliphatic rings. The molecule has 0 spiro atoms. The number of halogens is 2. The zero-order chi connectivity index (χ0) is 30.2. The van der Waals surface area contributed by atoms with Crippen molar-refractivity contribution in [2.75, 3.05) is 14.2 Å². The molecule has 0 aromatic carbocycles. The van der Waals surface area contributed by atoms with Crippen LogP contribution in [-0.4, -0.2) is 36.7 Å². The third-order valence-electron chi connectivity index (χ3n) is 5.56. The number of alkyl halides is 2. The van der Waals surface area contributed by atoms with E-state index in [0.29, 0.717) is 0 Å². The average molecular weight is 554 g/mol. The first-order chi connectivity index (χ1) is 18.7. The van der Waals surface area contributed by atoms with Gasteiger partial charge in [-0.3, -0.25) is 0 Å². The van der Waals surface area contributed by atoms with E-state index in [1.807, 2.05) is 34.6 Å². The number of aliphatic hydroxyl groups is 1. The Morgan fingerprint density at radius 2 is 1.67 bits per heavy atom. The number of aryl methyl sites for hydroxylation is 1. The molecule has 0 atom stereocenters. The molecular formula is C32H53F2NO4. The van der Waals surface area contributed by atoms with E-state index in [2.05, 4.69) is 56.2 Å². The lowest BCUT2D eigenvalue weighted by atomic mass is 9.93. The number of allylic oxidation sites excluding steroid dienone is 8. The minimum atomic E-state index is -3.17. The lowest BCUT2D eigenvalue weighted by molar-refractivity contribution is -0.0728. The summed E-state index contributed by atoms with van der Waals surface area (Å²) in [6.45, 7) is 11.7. The number of carbonyl (C=O) groups is 1. The van der Waals surface area contributed by atoms with Gasteiger partial charge in [0.15, 0.2) is 0 Å². The molecule has 3 rings (SSSR count). The van der Waals surface area contributed by atoms with E-state index in [1.54, 1.807) is 6.07 Å². The molecule has 0 fully saturated rings. The molecule has 0 radical (unpaired) electrons. The number of nitrogens with zero attached hydrogens (tertiary/aromatic N) is 1. The molecule has 0 amide bonds. The number of furan rings is 1. The number of carbonyl (C=O) groups excluding carboxylic acids is 1. The maximum atomic E-state index is 11.7. The summed E-state index contributed by atoms with van der Waals surface area (Å²) in [5.74, 6) is 0.616. The van der Waals surface area contributed by atoms with Crippen LogP contribution in [0.25, 0.3) is 0 Å². The van der Waals surface area contributed by atoms with Crippen LogP contribution in [0, 0.1) is 6.92 Å². The summed E-state index contributed by atoms with van der Waals surface area (Å²) in [5.41, 5.74) is 5.42. The first-order valence-corrected chi connectivity index (χ1v) is 14.3. The second-order valence-corrected chi connectivity index (χ2v) is 8.55. The van der Waals surface area contributed by atoms with Gasteiger partial charge in [0.2, 0.25) is 5.76 Å². The van der Waals surface area contributed by atoms with Crippen LogP contribution in [0.15, 0.2) is 57.7 Å². The van der Waals surface area contributed by atoms with Crippen molar-refractivity contribution in [1.29, 1.82) is 0 Å². The Labute approximate surface area is 236 Å². The van der Waals surface area contributed by atoms with Gasteiger partial charge in [-0.2, -0.15) is 8.78 Å². The van der Waals surface area contributed by atoms with E-state index in [-0.39, 0.29) is 5.76 Å². The summed E-state index contributed by atoms with van der Waals surface area (Å²) in [6, 6.07) is 1.80. The fourth-order valence-corrected chi connectivity index (χ4v) is 3.92. The van der Waals surface area contributed by atoms with Gasteiger partial charge < -0.3 is 19.2 Å². The lowest BCUT2D eigenvalue weighted by Gasteiger charge is -2.24. The quantitative estimate of drug-likeness (QED) is 0.368. The normalized spacial score (nSPS) is 17.0. The fourth-order valence-electron chi connectivity index (χ4n) is 3.92. The van der Waals surface area contributed by atoms with Gasteiger partial charge in [0, 0.05) is 24.9 Å². The van der Waals surface area contributed by atoms with Crippen molar-refractivity contribution in [1.82, 2.24) is 4.90 Å². The first kappa shape index (κ1) is 38.5. The summed E-state index contributed by atoms with van der Waals surface area (Å²) in [7, 11) is 3.48. The molecule has 2 aliphatic carbocycles. The van der Waals surface area contributed by atoms with Crippen molar-refractivity contribution in [3.63, 3.8) is 0 Å². The van der Waals surface area contributed by atoms with E-state index in [1.165, 1.54) is 49.6 Å². The van der Waals surface area contributed by atoms with Gasteiger partial charge in [0.25, 0.3) is 0 Å². The van der Waals surface area contributed by atoms with Gasteiger partial charge in [-0.15, -0.1) is 0 Å². The van der Waals surface area contributed by atoms with Crippen molar-refractivity contribution in [3.8, 4) is 0 Å². The zero-order valence-corrected chi connectivity index (χ0v) is 25.8. The molecule has 1 aromatic heterocycles. The van der Waals surface area contributed by atoms with Crippen LogP contribution in [-0.2, 0) is 11.3 Å². The number of esters is 1. The van der Waals surface area contributed by atoms with Gasteiger partial charge in [0.05, 0.1) is 7.11 Å². The highest BCUT2D eigenvalue weighted by Gasteiger charge is 2.17. The predicted molar refractivity (Wildman–Crippen MR) is 159 cm³/mol. The van der Waals surface area contributed by atoms with E-state index in [0.717, 1.165) is 43.6 Å². The van der Waals surface area contributed by atoms with Crippen LogP contribution in [0.2, 0.25) is 0 Å². The Kier molecular flexibility index (Phi) is 24.0. The Balaban J connectivity index is 0. The van der Waals surface area contributed by atoms with E-state index in [9.17, 15) is 13.6 Å². The molecule has 0 saturated carbocycles. The molecule has 1 N–H and O–H groups in total. The van der Waals surface area contributed by atoms with Crippen LogP contribution in [0.1, 0.15) is 115 Å². The van der Waals surface area contributed by atoms with Crippen molar-refractivity contribution >= 4 is 5.97 Å². The maximum Gasteiger partial charge on any atom is 0.373 e. The molecule has 39 heavy (non-hydrogen) atoms. The zero-order valence-electron chi connectivity index (χ0n) is 25.8. The third kappa shape index (κ3) is 16.8. The highest BCUT2D eigenvalue weighted by Crippen LogP contribution is 2.29. The summed E-state index contributed by atoms with van der Waals surface area (Å²) in [6.07, 6.45) is 20.7. The predicted octanol–water partition coefficient (Wildman–Crippen LogP) is 9.53. The number of ether oxygens (including phenoxy) is 1. The Bertz CT molecular complexity index is 895. The van der Waals surface area contributed by atoms with Gasteiger partial charge in [-0.25, -0.2) is 4.79 Å². The molecule has 0 aliphatic heterocycles. The van der Waals surface area contributed by atoms with E-state index < -0.39 is 12.6 Å². The monoisotopic (exact) mass is 553 g/mol. The second kappa shape index (κ2) is 24.4. The largest absolute Gasteiger partial charge is 0.463 e. The maximum absolute atomic E-state index is 11.7. The van der Waals surface area contributed by atoms with Crippen LogP contribution < -0.4 is 0 Å². The fraction of sp³-hybridized carbons (Fsp3) is 0.594. The van der Waals surface area contributed by atoms with Crippen molar-refractivity contribution in [2.24, 2.45) is 0 Å². The van der Waals surface area contributed by atoms with Gasteiger partial charge in [-0.05, 0) is 69.1 Å². The molecule has 1 aromatic rings. The average Bonchev–Trinajstić information content (AvgIpc) is 3.08. The molecule has 224 valence electrons. The van der Waals surface area contributed by atoms with Gasteiger partial charge >= 0.3 is 12.6 Å². The second-order valence-electron chi connectivity index (χ2n) is 8.55. The molecule has 7 heteroatoms. The molecular weight excluding hydrogens is 500 g/mol. The van der Waals surface area contributed by atoms with Crippen LogP contribution in [0.5, 0.6) is 0 Å². The van der Waals surface area contributed by atoms with Crippen molar-refractivity contribution in [2.45, 2.75) is 113 Å². The topological polar surface area (TPSA) is 62.9 Å². The minimum Gasteiger partial charge on any atom is -0.463 e. The Morgan fingerprint density at radius 1 is 1.08 bits per heavy atom. The number of methoxy groups -OCH3 is 1. The van der Waals surface area contributed by atoms with E-state index in [4.69, 9.17) is 14.3 Å². The Morgan fingerprint density at radius 3 is 2.26 bits per heavy atom.